The van der Waals surface area contributed by atoms with Crippen LogP contribution in [0.15, 0.2) is 42.6 Å². The molecule has 2 aromatic heterocycles. The molecular formula is C18H20FN5S. The normalized spacial score (nSPS) is 15.8. The van der Waals surface area contributed by atoms with Crippen molar-refractivity contribution in [3.63, 3.8) is 0 Å². The van der Waals surface area contributed by atoms with Gasteiger partial charge in [-0.15, -0.1) is 5.10 Å². The van der Waals surface area contributed by atoms with Gasteiger partial charge in [0.05, 0.1) is 11.9 Å². The summed E-state index contributed by atoms with van der Waals surface area (Å²) in [5, 5.41) is 5.68. The van der Waals surface area contributed by atoms with Gasteiger partial charge < -0.3 is 4.90 Å². The molecular weight excluding hydrogens is 337 g/mol. The first kappa shape index (κ1) is 16.2. The standard InChI is InChI=1S/C18H20FN5S/c1-13(2)11-22-7-9-23(10-8-22)18-21-24-12-16(20-17(24)25-18)14-3-5-15(19)6-4-14/h3-6,12H,1,7-11H2,2H3. The Labute approximate surface area is 150 Å². The SMILES string of the molecule is C=C(C)CN1CCN(c2nn3cc(-c4ccc(F)cc4)nc3s2)CC1. The second kappa shape index (κ2) is 6.57. The van der Waals surface area contributed by atoms with E-state index in [0.29, 0.717) is 0 Å². The van der Waals surface area contributed by atoms with Gasteiger partial charge in [-0.1, -0.05) is 23.5 Å². The molecule has 1 aliphatic heterocycles. The molecule has 3 aromatic rings. The zero-order chi connectivity index (χ0) is 17.4. The Hall–Kier alpha value is -2.25. The van der Waals surface area contributed by atoms with Crippen molar-refractivity contribution in [2.45, 2.75) is 6.92 Å². The molecule has 4 rings (SSSR count). The van der Waals surface area contributed by atoms with Crippen LogP contribution in [0.1, 0.15) is 6.92 Å². The van der Waals surface area contributed by atoms with E-state index in [4.69, 9.17) is 0 Å². The lowest BCUT2D eigenvalue weighted by atomic mass is 10.2. The molecule has 1 saturated heterocycles. The molecule has 3 heterocycles. The molecule has 25 heavy (non-hydrogen) atoms. The number of hydrogen-bond acceptors (Lipinski definition) is 5. The van der Waals surface area contributed by atoms with Crippen molar-refractivity contribution < 1.29 is 4.39 Å². The number of nitrogens with zero attached hydrogens (tertiary/aromatic N) is 5. The number of imidazole rings is 1. The number of hydrogen-bond donors (Lipinski definition) is 0. The monoisotopic (exact) mass is 357 g/mol. The maximum atomic E-state index is 13.1. The van der Waals surface area contributed by atoms with Gasteiger partial charge in [-0.25, -0.2) is 13.9 Å². The second-order valence-electron chi connectivity index (χ2n) is 6.47. The van der Waals surface area contributed by atoms with E-state index in [1.807, 2.05) is 10.7 Å². The summed E-state index contributed by atoms with van der Waals surface area (Å²) >= 11 is 1.59. The van der Waals surface area contributed by atoms with Crippen molar-refractivity contribution in [1.29, 1.82) is 0 Å². The van der Waals surface area contributed by atoms with Crippen molar-refractivity contribution in [2.75, 3.05) is 37.6 Å². The van der Waals surface area contributed by atoms with E-state index in [2.05, 4.69) is 33.4 Å². The van der Waals surface area contributed by atoms with Gasteiger partial charge in [0, 0.05) is 38.3 Å². The predicted molar refractivity (Wildman–Crippen MR) is 99.7 cm³/mol. The third-order valence-corrected chi connectivity index (χ3v) is 5.29. The average Bonchev–Trinajstić information content (AvgIpc) is 3.14. The van der Waals surface area contributed by atoms with Gasteiger partial charge in [0.1, 0.15) is 5.82 Å². The van der Waals surface area contributed by atoms with Gasteiger partial charge in [0.25, 0.3) is 0 Å². The van der Waals surface area contributed by atoms with E-state index < -0.39 is 0 Å². The summed E-state index contributed by atoms with van der Waals surface area (Å²) in [4.78, 5) is 10.2. The maximum absolute atomic E-state index is 13.1. The smallest absolute Gasteiger partial charge is 0.214 e. The van der Waals surface area contributed by atoms with Crippen molar-refractivity contribution in [3.05, 3.63) is 48.4 Å². The Balaban J connectivity index is 1.48. The zero-order valence-corrected chi connectivity index (χ0v) is 15.0. The highest BCUT2D eigenvalue weighted by atomic mass is 32.1. The van der Waals surface area contributed by atoms with Gasteiger partial charge in [-0.3, -0.25) is 4.90 Å². The predicted octanol–water partition coefficient (Wildman–Crippen LogP) is 3.30. The highest BCUT2D eigenvalue weighted by Gasteiger charge is 2.20. The van der Waals surface area contributed by atoms with Gasteiger partial charge >= 0.3 is 0 Å². The molecule has 5 nitrogen and oxygen atoms in total. The Morgan fingerprint density at radius 2 is 1.92 bits per heavy atom. The largest absolute Gasteiger partial charge is 0.344 e. The summed E-state index contributed by atoms with van der Waals surface area (Å²) in [5.41, 5.74) is 2.92. The van der Waals surface area contributed by atoms with Crippen molar-refractivity contribution >= 4 is 21.4 Å². The quantitative estimate of drug-likeness (QED) is 0.672. The van der Waals surface area contributed by atoms with E-state index in [1.165, 1.54) is 17.7 Å². The van der Waals surface area contributed by atoms with Crippen LogP contribution < -0.4 is 4.90 Å². The number of fused-ring (bicyclic) bond motifs is 1. The number of rotatable bonds is 4. The number of benzene rings is 1. The van der Waals surface area contributed by atoms with Crippen LogP contribution in [0.4, 0.5) is 9.52 Å². The van der Waals surface area contributed by atoms with Crippen molar-refractivity contribution in [1.82, 2.24) is 19.5 Å². The molecule has 130 valence electrons. The number of halogens is 1. The maximum Gasteiger partial charge on any atom is 0.214 e. The van der Waals surface area contributed by atoms with Crippen LogP contribution in [0.2, 0.25) is 0 Å². The first-order chi connectivity index (χ1) is 12.1. The van der Waals surface area contributed by atoms with E-state index in [9.17, 15) is 4.39 Å². The summed E-state index contributed by atoms with van der Waals surface area (Å²) in [6.45, 7) is 11.0. The minimum absolute atomic E-state index is 0.240. The Morgan fingerprint density at radius 3 is 2.56 bits per heavy atom. The molecule has 0 saturated carbocycles. The summed E-state index contributed by atoms with van der Waals surface area (Å²) in [7, 11) is 0. The van der Waals surface area contributed by atoms with Crippen LogP contribution in [-0.2, 0) is 0 Å². The molecule has 1 fully saturated rings. The third kappa shape index (κ3) is 3.43. The van der Waals surface area contributed by atoms with E-state index in [0.717, 1.165) is 54.1 Å². The lowest BCUT2D eigenvalue weighted by molar-refractivity contribution is 0.278. The molecule has 1 aliphatic rings. The lowest BCUT2D eigenvalue weighted by Gasteiger charge is -2.34. The highest BCUT2D eigenvalue weighted by molar-refractivity contribution is 7.20. The summed E-state index contributed by atoms with van der Waals surface area (Å²) in [6.07, 6.45) is 1.90. The fraction of sp³-hybridized carbons (Fsp3) is 0.333. The molecule has 0 unspecified atom stereocenters. The molecule has 0 bridgehead atoms. The fourth-order valence-corrected chi connectivity index (χ4v) is 3.99. The molecule has 0 spiro atoms. The number of aromatic nitrogens is 3. The molecule has 7 heteroatoms. The number of anilines is 1. The van der Waals surface area contributed by atoms with E-state index in [-0.39, 0.29) is 5.82 Å². The molecule has 0 N–H and O–H groups in total. The van der Waals surface area contributed by atoms with Crippen LogP contribution in [0.3, 0.4) is 0 Å². The average molecular weight is 357 g/mol. The molecule has 0 atom stereocenters. The van der Waals surface area contributed by atoms with Gasteiger partial charge in [-0.05, 0) is 31.2 Å². The summed E-state index contributed by atoms with van der Waals surface area (Å²) < 4.78 is 14.9. The molecule has 0 aliphatic carbocycles. The van der Waals surface area contributed by atoms with Gasteiger partial charge in [0.15, 0.2) is 0 Å². The van der Waals surface area contributed by atoms with Crippen LogP contribution in [0.5, 0.6) is 0 Å². The van der Waals surface area contributed by atoms with Crippen molar-refractivity contribution in [3.8, 4) is 11.3 Å². The van der Waals surface area contributed by atoms with E-state index in [1.54, 1.807) is 23.5 Å². The molecule has 1 aromatic carbocycles. The van der Waals surface area contributed by atoms with Crippen LogP contribution in [0.25, 0.3) is 16.2 Å². The first-order valence-corrected chi connectivity index (χ1v) is 9.14. The Morgan fingerprint density at radius 1 is 1.20 bits per heavy atom. The van der Waals surface area contributed by atoms with Gasteiger partial charge in [-0.2, -0.15) is 0 Å². The van der Waals surface area contributed by atoms with Crippen LogP contribution in [-0.4, -0.2) is 52.2 Å². The highest BCUT2D eigenvalue weighted by Crippen LogP contribution is 2.27. The zero-order valence-electron chi connectivity index (χ0n) is 14.2. The van der Waals surface area contributed by atoms with Crippen LogP contribution in [0, 0.1) is 5.82 Å². The summed E-state index contributed by atoms with van der Waals surface area (Å²) in [5.74, 6) is -0.240. The minimum Gasteiger partial charge on any atom is -0.344 e. The number of piperazine rings is 1. The topological polar surface area (TPSA) is 36.7 Å². The summed E-state index contributed by atoms with van der Waals surface area (Å²) in [6, 6.07) is 6.38. The molecule has 0 radical (unpaired) electrons. The van der Waals surface area contributed by atoms with E-state index >= 15 is 0 Å². The lowest BCUT2D eigenvalue weighted by Crippen LogP contribution is -2.46. The fourth-order valence-electron chi connectivity index (χ4n) is 3.06. The van der Waals surface area contributed by atoms with Gasteiger partial charge in [0.2, 0.25) is 10.1 Å². The minimum atomic E-state index is -0.240. The van der Waals surface area contributed by atoms with Crippen molar-refractivity contribution in [2.24, 2.45) is 0 Å². The first-order valence-electron chi connectivity index (χ1n) is 8.32. The molecule has 0 amide bonds. The third-order valence-electron chi connectivity index (χ3n) is 4.31. The van der Waals surface area contributed by atoms with Crippen LogP contribution >= 0.6 is 11.3 Å². The Kier molecular flexibility index (Phi) is 4.27. The second-order valence-corrected chi connectivity index (χ2v) is 7.40. The Bertz CT molecular complexity index is 858.